The average Bonchev–Trinajstić information content (AvgIpc) is 3.13. The number of aromatic nitrogens is 4. The SMILES string of the molecule is CN=C(NCCCn1nc2n(c1=O)CCCC2)NCc1sc(C)nc1C. The molecule has 3 heterocycles. The maximum Gasteiger partial charge on any atom is 0.345 e. The summed E-state index contributed by atoms with van der Waals surface area (Å²) >= 11 is 1.70. The van der Waals surface area contributed by atoms with Crippen LogP contribution in [-0.2, 0) is 26.1 Å². The number of hydrogen-bond donors (Lipinski definition) is 2. The zero-order chi connectivity index (χ0) is 18.5. The highest BCUT2D eigenvalue weighted by Crippen LogP contribution is 2.16. The molecule has 0 saturated heterocycles. The van der Waals surface area contributed by atoms with Gasteiger partial charge in [0.1, 0.15) is 5.82 Å². The topological polar surface area (TPSA) is 89.1 Å². The minimum Gasteiger partial charge on any atom is -0.356 e. The number of nitrogens with zero attached hydrogens (tertiary/aromatic N) is 5. The summed E-state index contributed by atoms with van der Waals surface area (Å²) in [6.45, 7) is 6.91. The third kappa shape index (κ3) is 4.32. The van der Waals surface area contributed by atoms with Crippen molar-refractivity contribution in [2.75, 3.05) is 13.6 Å². The molecule has 2 aromatic rings. The van der Waals surface area contributed by atoms with Crippen LogP contribution in [0.3, 0.4) is 0 Å². The second-order valence-corrected chi connectivity index (χ2v) is 7.77. The van der Waals surface area contributed by atoms with Crippen molar-refractivity contribution in [3.05, 3.63) is 31.9 Å². The number of hydrogen-bond acceptors (Lipinski definition) is 5. The van der Waals surface area contributed by atoms with Gasteiger partial charge in [0.05, 0.1) is 17.2 Å². The second kappa shape index (κ2) is 8.48. The van der Waals surface area contributed by atoms with Crippen LogP contribution in [0.5, 0.6) is 0 Å². The molecular formula is C17H27N7OS. The lowest BCUT2D eigenvalue weighted by atomic mass is 10.2. The van der Waals surface area contributed by atoms with E-state index in [1.807, 2.05) is 18.4 Å². The van der Waals surface area contributed by atoms with Crippen molar-refractivity contribution in [1.82, 2.24) is 30.0 Å². The van der Waals surface area contributed by atoms with E-state index >= 15 is 0 Å². The van der Waals surface area contributed by atoms with E-state index in [4.69, 9.17) is 0 Å². The molecule has 0 unspecified atom stereocenters. The van der Waals surface area contributed by atoms with Crippen LogP contribution in [0.15, 0.2) is 9.79 Å². The number of nitrogens with one attached hydrogen (secondary N) is 2. The summed E-state index contributed by atoms with van der Waals surface area (Å²) in [4.78, 5) is 22.2. The van der Waals surface area contributed by atoms with Crippen LogP contribution < -0.4 is 16.3 Å². The third-order valence-corrected chi connectivity index (χ3v) is 5.58. The zero-order valence-corrected chi connectivity index (χ0v) is 16.5. The van der Waals surface area contributed by atoms with Crippen LogP contribution in [0.1, 0.15) is 40.7 Å². The normalized spacial score (nSPS) is 14.3. The molecule has 0 radical (unpaired) electrons. The van der Waals surface area contributed by atoms with Crippen molar-refractivity contribution in [2.24, 2.45) is 4.99 Å². The summed E-state index contributed by atoms with van der Waals surface area (Å²) in [6, 6.07) is 0. The van der Waals surface area contributed by atoms with Crippen LogP contribution in [-0.4, -0.2) is 38.9 Å². The highest BCUT2D eigenvalue weighted by Gasteiger charge is 2.16. The number of aryl methyl sites for hydroxylation is 4. The van der Waals surface area contributed by atoms with Crippen LogP contribution in [0.4, 0.5) is 0 Å². The number of rotatable bonds is 6. The van der Waals surface area contributed by atoms with E-state index in [2.05, 4.69) is 25.7 Å². The van der Waals surface area contributed by atoms with Gasteiger partial charge in [-0.3, -0.25) is 9.56 Å². The fourth-order valence-corrected chi connectivity index (χ4v) is 4.03. The van der Waals surface area contributed by atoms with Gasteiger partial charge in [-0.15, -0.1) is 11.3 Å². The average molecular weight is 378 g/mol. The maximum atomic E-state index is 12.3. The Morgan fingerprint density at radius 1 is 1.31 bits per heavy atom. The molecule has 0 saturated carbocycles. The first-order valence-electron chi connectivity index (χ1n) is 9.12. The molecule has 0 bridgehead atoms. The molecule has 2 N–H and O–H groups in total. The summed E-state index contributed by atoms with van der Waals surface area (Å²) in [5.41, 5.74) is 1.09. The summed E-state index contributed by atoms with van der Waals surface area (Å²) in [5.74, 6) is 1.69. The van der Waals surface area contributed by atoms with Crippen molar-refractivity contribution in [3.8, 4) is 0 Å². The molecular weight excluding hydrogens is 350 g/mol. The molecule has 1 aliphatic rings. The van der Waals surface area contributed by atoms with Crippen LogP contribution >= 0.6 is 11.3 Å². The van der Waals surface area contributed by atoms with E-state index in [0.29, 0.717) is 13.1 Å². The summed E-state index contributed by atoms with van der Waals surface area (Å²) in [5, 5.41) is 12.1. The second-order valence-electron chi connectivity index (χ2n) is 6.48. The quantitative estimate of drug-likeness (QED) is 0.449. The Labute approximate surface area is 157 Å². The Bertz CT molecular complexity index is 833. The number of aliphatic imine (C=N–C) groups is 1. The first-order valence-corrected chi connectivity index (χ1v) is 9.94. The van der Waals surface area contributed by atoms with E-state index in [1.165, 1.54) is 4.88 Å². The van der Waals surface area contributed by atoms with Gasteiger partial charge in [-0.05, 0) is 33.1 Å². The highest BCUT2D eigenvalue weighted by molar-refractivity contribution is 7.11. The smallest absolute Gasteiger partial charge is 0.345 e. The van der Waals surface area contributed by atoms with E-state index in [9.17, 15) is 4.79 Å². The molecule has 0 atom stereocenters. The van der Waals surface area contributed by atoms with E-state index < -0.39 is 0 Å². The molecule has 1 aliphatic heterocycles. The molecule has 26 heavy (non-hydrogen) atoms. The van der Waals surface area contributed by atoms with E-state index in [1.54, 1.807) is 23.1 Å². The van der Waals surface area contributed by atoms with Gasteiger partial charge in [-0.2, -0.15) is 5.10 Å². The van der Waals surface area contributed by atoms with Gasteiger partial charge >= 0.3 is 5.69 Å². The molecule has 9 heteroatoms. The first-order chi connectivity index (χ1) is 12.6. The van der Waals surface area contributed by atoms with Gasteiger partial charge in [-0.1, -0.05) is 0 Å². The van der Waals surface area contributed by atoms with E-state index in [-0.39, 0.29) is 5.69 Å². The molecule has 0 spiro atoms. The zero-order valence-electron chi connectivity index (χ0n) is 15.7. The number of guanidine groups is 1. The fourth-order valence-electron chi connectivity index (χ4n) is 3.15. The van der Waals surface area contributed by atoms with E-state index in [0.717, 1.165) is 61.3 Å². The monoisotopic (exact) mass is 377 g/mol. The Morgan fingerprint density at radius 3 is 2.85 bits per heavy atom. The number of fused-ring (bicyclic) bond motifs is 1. The maximum absolute atomic E-state index is 12.3. The number of thiazole rings is 1. The fraction of sp³-hybridized carbons (Fsp3) is 0.647. The lowest BCUT2D eigenvalue weighted by Crippen LogP contribution is -2.37. The molecule has 3 rings (SSSR count). The van der Waals surface area contributed by atoms with Crippen molar-refractivity contribution < 1.29 is 0 Å². The predicted octanol–water partition coefficient (Wildman–Crippen LogP) is 1.21. The Hall–Kier alpha value is -2.16. The van der Waals surface area contributed by atoms with Gasteiger partial charge in [0, 0.05) is 38.0 Å². The molecule has 2 aromatic heterocycles. The van der Waals surface area contributed by atoms with Crippen molar-refractivity contribution >= 4 is 17.3 Å². The molecule has 0 aromatic carbocycles. The lowest BCUT2D eigenvalue weighted by Gasteiger charge is -2.11. The van der Waals surface area contributed by atoms with Crippen LogP contribution in [0.25, 0.3) is 0 Å². The van der Waals surface area contributed by atoms with Crippen molar-refractivity contribution in [1.29, 1.82) is 0 Å². The van der Waals surface area contributed by atoms with Crippen LogP contribution in [0, 0.1) is 13.8 Å². The van der Waals surface area contributed by atoms with Crippen LogP contribution in [0.2, 0.25) is 0 Å². The standard InChI is InChI=1S/C17H27N7OS/c1-12-14(26-13(2)21-12)11-20-16(18-3)19-8-6-10-24-17(25)23-9-5-4-7-15(23)22-24/h4-11H2,1-3H3,(H2,18,19,20). The minimum absolute atomic E-state index is 0.0262. The largest absolute Gasteiger partial charge is 0.356 e. The molecule has 0 amide bonds. The molecule has 142 valence electrons. The molecule has 8 nitrogen and oxygen atoms in total. The Morgan fingerprint density at radius 2 is 2.15 bits per heavy atom. The van der Waals surface area contributed by atoms with Gasteiger partial charge in [-0.25, -0.2) is 14.5 Å². The third-order valence-electron chi connectivity index (χ3n) is 4.51. The van der Waals surface area contributed by atoms with Gasteiger partial charge in [0.25, 0.3) is 0 Å². The summed E-state index contributed by atoms with van der Waals surface area (Å²) in [7, 11) is 1.76. The van der Waals surface area contributed by atoms with Gasteiger partial charge in [0.15, 0.2) is 5.96 Å². The predicted molar refractivity (Wildman–Crippen MR) is 104 cm³/mol. The van der Waals surface area contributed by atoms with Crippen molar-refractivity contribution in [2.45, 2.75) is 59.2 Å². The minimum atomic E-state index is 0.0262. The Kier molecular flexibility index (Phi) is 6.08. The highest BCUT2D eigenvalue weighted by atomic mass is 32.1. The summed E-state index contributed by atoms with van der Waals surface area (Å²) in [6.07, 6.45) is 3.92. The lowest BCUT2D eigenvalue weighted by molar-refractivity contribution is 0.509. The molecule has 0 fully saturated rings. The van der Waals surface area contributed by atoms with Gasteiger partial charge < -0.3 is 10.6 Å². The van der Waals surface area contributed by atoms with Crippen molar-refractivity contribution in [3.63, 3.8) is 0 Å². The summed E-state index contributed by atoms with van der Waals surface area (Å²) < 4.78 is 3.42. The first kappa shape index (κ1) is 18.6. The Balaban J connectivity index is 1.44. The molecule has 0 aliphatic carbocycles. The van der Waals surface area contributed by atoms with Gasteiger partial charge in [0.2, 0.25) is 0 Å².